The highest BCUT2D eigenvalue weighted by molar-refractivity contribution is 7.92. The molecule has 2 aromatic carbocycles. The minimum atomic E-state index is -3.80. The second kappa shape index (κ2) is 7.97. The molecular formula is C19H18FN3O2S. The molecule has 0 saturated heterocycles. The molecule has 26 heavy (non-hydrogen) atoms. The highest BCUT2D eigenvalue weighted by Gasteiger charge is 2.14. The Hall–Kier alpha value is -2.93. The summed E-state index contributed by atoms with van der Waals surface area (Å²) in [5.41, 5.74) is 2.03. The van der Waals surface area contributed by atoms with E-state index in [-0.39, 0.29) is 10.7 Å². The first-order chi connectivity index (χ1) is 12.5. The summed E-state index contributed by atoms with van der Waals surface area (Å²) >= 11 is 0. The van der Waals surface area contributed by atoms with E-state index >= 15 is 0 Å². The molecule has 3 aromatic rings. The molecule has 0 radical (unpaired) electrons. The van der Waals surface area contributed by atoms with Crippen molar-refractivity contribution in [3.8, 4) is 0 Å². The number of nitrogens with one attached hydrogen (secondary N) is 2. The Balaban J connectivity index is 1.58. The summed E-state index contributed by atoms with van der Waals surface area (Å²) in [6.45, 7) is 0.742. The Labute approximate surface area is 152 Å². The molecular weight excluding hydrogens is 353 g/mol. The fourth-order valence-electron chi connectivity index (χ4n) is 2.36. The van der Waals surface area contributed by atoms with Crippen LogP contribution in [0.4, 0.5) is 15.9 Å². The fourth-order valence-corrected chi connectivity index (χ4v) is 3.37. The van der Waals surface area contributed by atoms with Crippen molar-refractivity contribution in [2.24, 2.45) is 0 Å². The van der Waals surface area contributed by atoms with Crippen LogP contribution < -0.4 is 10.0 Å². The molecule has 0 aliphatic rings. The van der Waals surface area contributed by atoms with E-state index in [1.165, 1.54) is 17.7 Å². The van der Waals surface area contributed by atoms with Crippen LogP contribution in [0.25, 0.3) is 0 Å². The van der Waals surface area contributed by atoms with E-state index in [0.717, 1.165) is 30.8 Å². The van der Waals surface area contributed by atoms with Gasteiger partial charge in [-0.2, -0.15) is 0 Å². The summed E-state index contributed by atoms with van der Waals surface area (Å²) in [4.78, 5) is 4.08. The molecule has 2 N–H and O–H groups in total. The summed E-state index contributed by atoms with van der Waals surface area (Å²) in [5, 5.41) is 3.24. The number of sulfonamides is 1. The Kier molecular flexibility index (Phi) is 5.48. The Bertz CT molecular complexity index is 944. The maximum Gasteiger partial charge on any atom is 0.263 e. The molecule has 0 unspecified atom stereocenters. The number of aromatic nitrogens is 1. The molecule has 0 fully saturated rings. The van der Waals surface area contributed by atoms with Gasteiger partial charge in [0.15, 0.2) is 0 Å². The molecule has 0 aliphatic heterocycles. The van der Waals surface area contributed by atoms with Crippen molar-refractivity contribution in [2.45, 2.75) is 11.3 Å². The number of nitrogens with zero attached hydrogens (tertiary/aromatic N) is 1. The van der Waals surface area contributed by atoms with Crippen LogP contribution in [0.5, 0.6) is 0 Å². The van der Waals surface area contributed by atoms with Crippen molar-refractivity contribution in [3.63, 3.8) is 0 Å². The summed E-state index contributed by atoms with van der Waals surface area (Å²) in [5.74, 6) is -0.295. The highest BCUT2D eigenvalue weighted by atomic mass is 32.2. The maximum absolute atomic E-state index is 12.9. The molecule has 134 valence electrons. The minimum absolute atomic E-state index is 0.0224. The largest absolute Gasteiger partial charge is 0.383 e. The van der Waals surface area contributed by atoms with Crippen LogP contribution in [-0.2, 0) is 16.4 Å². The maximum atomic E-state index is 12.9. The lowest BCUT2D eigenvalue weighted by atomic mass is 10.1. The molecule has 1 aromatic heterocycles. The van der Waals surface area contributed by atoms with Crippen LogP contribution in [0.3, 0.4) is 0 Å². The van der Waals surface area contributed by atoms with Gasteiger partial charge >= 0.3 is 0 Å². The molecule has 5 nitrogen and oxygen atoms in total. The van der Waals surface area contributed by atoms with E-state index < -0.39 is 15.8 Å². The van der Waals surface area contributed by atoms with Gasteiger partial charge in [0.2, 0.25) is 0 Å². The van der Waals surface area contributed by atoms with Crippen LogP contribution in [-0.4, -0.2) is 19.9 Å². The van der Waals surface area contributed by atoms with Crippen LogP contribution >= 0.6 is 0 Å². The number of rotatable bonds is 7. The fraction of sp³-hybridized carbons (Fsp3) is 0.105. The van der Waals surface area contributed by atoms with Gasteiger partial charge in [-0.25, -0.2) is 17.8 Å². The van der Waals surface area contributed by atoms with Crippen molar-refractivity contribution in [3.05, 3.63) is 84.3 Å². The van der Waals surface area contributed by atoms with Crippen molar-refractivity contribution in [1.82, 2.24) is 4.98 Å². The lowest BCUT2D eigenvalue weighted by Gasteiger charge is -2.09. The standard InChI is InChI=1S/C19H18FN3O2S/c20-16-6-9-18(10-7-16)26(24,25)23-19-11-8-17(14-22-19)21-13-12-15-4-2-1-3-5-15/h1-11,14,21H,12-13H2,(H,22,23). The van der Waals surface area contributed by atoms with E-state index in [9.17, 15) is 12.8 Å². The van der Waals surface area contributed by atoms with Crippen LogP contribution in [0.2, 0.25) is 0 Å². The lowest BCUT2D eigenvalue weighted by molar-refractivity contribution is 0.599. The zero-order valence-electron chi connectivity index (χ0n) is 13.9. The van der Waals surface area contributed by atoms with Crippen molar-refractivity contribution < 1.29 is 12.8 Å². The van der Waals surface area contributed by atoms with Crippen LogP contribution in [0, 0.1) is 5.82 Å². The SMILES string of the molecule is O=S(=O)(Nc1ccc(NCCc2ccccc2)cn1)c1ccc(F)cc1. The quantitative estimate of drug-likeness (QED) is 0.665. The first kappa shape index (κ1) is 17.9. The Morgan fingerprint density at radius 3 is 2.31 bits per heavy atom. The minimum Gasteiger partial charge on any atom is -0.383 e. The third-order valence-corrected chi connectivity index (χ3v) is 5.08. The molecule has 0 bridgehead atoms. The first-order valence-electron chi connectivity index (χ1n) is 8.05. The van der Waals surface area contributed by atoms with Gasteiger partial charge in [-0.05, 0) is 48.4 Å². The van der Waals surface area contributed by atoms with E-state index in [1.807, 2.05) is 18.2 Å². The number of hydrogen-bond acceptors (Lipinski definition) is 4. The van der Waals surface area contributed by atoms with E-state index in [2.05, 4.69) is 27.2 Å². The van der Waals surface area contributed by atoms with Crippen LogP contribution in [0.15, 0.2) is 77.8 Å². The van der Waals surface area contributed by atoms with E-state index in [0.29, 0.717) is 0 Å². The molecule has 0 atom stereocenters. The normalized spacial score (nSPS) is 11.1. The average Bonchev–Trinajstić information content (AvgIpc) is 2.64. The lowest BCUT2D eigenvalue weighted by Crippen LogP contribution is -2.14. The molecule has 0 amide bonds. The third kappa shape index (κ3) is 4.80. The summed E-state index contributed by atoms with van der Waals surface area (Å²) < 4.78 is 39.8. The van der Waals surface area contributed by atoms with E-state index in [4.69, 9.17) is 0 Å². The van der Waals surface area contributed by atoms with Gasteiger partial charge in [0.05, 0.1) is 16.8 Å². The molecule has 0 aliphatic carbocycles. The van der Waals surface area contributed by atoms with Crippen molar-refractivity contribution in [2.75, 3.05) is 16.6 Å². The second-order valence-corrected chi connectivity index (χ2v) is 7.34. The zero-order chi connectivity index (χ0) is 18.4. The van der Waals surface area contributed by atoms with Crippen molar-refractivity contribution in [1.29, 1.82) is 0 Å². The monoisotopic (exact) mass is 371 g/mol. The van der Waals surface area contributed by atoms with E-state index in [1.54, 1.807) is 18.3 Å². The van der Waals surface area contributed by atoms with Crippen LogP contribution in [0.1, 0.15) is 5.56 Å². The predicted molar refractivity (Wildman–Crippen MR) is 100 cm³/mol. The molecule has 0 saturated carbocycles. The Morgan fingerprint density at radius 1 is 0.923 bits per heavy atom. The topological polar surface area (TPSA) is 71.1 Å². The number of anilines is 2. The average molecular weight is 371 g/mol. The summed E-state index contributed by atoms with van der Waals surface area (Å²) in [6.07, 6.45) is 2.44. The zero-order valence-corrected chi connectivity index (χ0v) is 14.7. The summed E-state index contributed by atoms with van der Waals surface area (Å²) in [7, 11) is -3.80. The number of benzene rings is 2. The van der Waals surface area contributed by atoms with Gasteiger partial charge in [0.25, 0.3) is 10.0 Å². The number of hydrogen-bond donors (Lipinski definition) is 2. The Morgan fingerprint density at radius 2 is 1.65 bits per heavy atom. The molecule has 3 rings (SSSR count). The second-order valence-electron chi connectivity index (χ2n) is 5.65. The number of halogens is 1. The van der Waals surface area contributed by atoms with Gasteiger partial charge < -0.3 is 5.32 Å². The summed E-state index contributed by atoms with van der Waals surface area (Å²) in [6, 6.07) is 18.0. The highest BCUT2D eigenvalue weighted by Crippen LogP contribution is 2.16. The van der Waals surface area contributed by atoms with Gasteiger partial charge in [-0.1, -0.05) is 30.3 Å². The molecule has 7 heteroatoms. The predicted octanol–water partition coefficient (Wildman–Crippen LogP) is 3.68. The molecule has 1 heterocycles. The van der Waals surface area contributed by atoms with Gasteiger partial charge in [0.1, 0.15) is 11.6 Å². The number of pyridine rings is 1. The van der Waals surface area contributed by atoms with Crippen molar-refractivity contribution >= 4 is 21.5 Å². The van der Waals surface area contributed by atoms with Gasteiger partial charge in [-0.15, -0.1) is 0 Å². The molecule has 0 spiro atoms. The smallest absolute Gasteiger partial charge is 0.263 e. The van der Waals surface area contributed by atoms with Gasteiger partial charge in [0, 0.05) is 6.54 Å². The third-order valence-electron chi connectivity index (χ3n) is 3.71. The first-order valence-corrected chi connectivity index (χ1v) is 9.53. The van der Waals surface area contributed by atoms with Gasteiger partial charge in [-0.3, -0.25) is 4.72 Å².